The second-order valence-corrected chi connectivity index (χ2v) is 6.55. The van der Waals surface area contributed by atoms with Gasteiger partial charge in [0, 0.05) is 5.56 Å². The number of halogens is 1. The number of thioether (sulfide) groups is 1. The molecule has 2 aromatic carbocycles. The first-order chi connectivity index (χ1) is 11.5. The first-order valence-corrected chi connectivity index (χ1v) is 8.16. The van der Waals surface area contributed by atoms with Crippen LogP contribution in [0.15, 0.2) is 59.5 Å². The summed E-state index contributed by atoms with van der Waals surface area (Å²) in [4.78, 5) is 24.9. The SMILES string of the molecule is O=C(NN1C(=O)C(=Cc2ccc(F)cc2)SC1=S)c1ccccc1. The van der Waals surface area contributed by atoms with Gasteiger partial charge in [0.05, 0.1) is 4.91 Å². The van der Waals surface area contributed by atoms with Crippen LogP contribution < -0.4 is 5.43 Å². The van der Waals surface area contributed by atoms with Crippen LogP contribution in [0.4, 0.5) is 4.39 Å². The van der Waals surface area contributed by atoms with Crippen molar-refractivity contribution in [1.29, 1.82) is 0 Å². The van der Waals surface area contributed by atoms with Gasteiger partial charge in [-0.1, -0.05) is 42.1 Å². The van der Waals surface area contributed by atoms with Crippen LogP contribution in [0.1, 0.15) is 15.9 Å². The van der Waals surface area contributed by atoms with Gasteiger partial charge < -0.3 is 0 Å². The van der Waals surface area contributed by atoms with Gasteiger partial charge in [-0.3, -0.25) is 15.0 Å². The number of nitrogens with zero attached hydrogens (tertiary/aromatic N) is 1. The summed E-state index contributed by atoms with van der Waals surface area (Å²) in [5, 5.41) is 1.05. The quantitative estimate of drug-likeness (QED) is 0.675. The van der Waals surface area contributed by atoms with Crippen molar-refractivity contribution in [3.05, 3.63) is 76.4 Å². The average molecular weight is 358 g/mol. The molecule has 0 bridgehead atoms. The lowest BCUT2D eigenvalue weighted by Gasteiger charge is -2.15. The molecule has 1 aliphatic heterocycles. The fourth-order valence-electron chi connectivity index (χ4n) is 2.03. The van der Waals surface area contributed by atoms with E-state index in [2.05, 4.69) is 5.43 Å². The maximum absolute atomic E-state index is 12.9. The van der Waals surface area contributed by atoms with E-state index in [9.17, 15) is 14.0 Å². The van der Waals surface area contributed by atoms with Crippen molar-refractivity contribution in [2.24, 2.45) is 0 Å². The molecular weight excluding hydrogens is 347 g/mol. The molecule has 4 nitrogen and oxygen atoms in total. The number of amides is 2. The fraction of sp³-hybridized carbons (Fsp3) is 0. The molecule has 0 aromatic heterocycles. The molecule has 2 amide bonds. The molecule has 24 heavy (non-hydrogen) atoms. The predicted octanol–water partition coefficient (Wildman–Crippen LogP) is 3.37. The summed E-state index contributed by atoms with van der Waals surface area (Å²) >= 11 is 6.23. The maximum Gasteiger partial charge on any atom is 0.285 e. The number of hydrazine groups is 1. The third-order valence-corrected chi connectivity index (χ3v) is 4.51. The second kappa shape index (κ2) is 6.94. The lowest BCUT2D eigenvalue weighted by atomic mass is 10.2. The molecule has 0 aliphatic carbocycles. The van der Waals surface area contributed by atoms with Crippen LogP contribution in [0.5, 0.6) is 0 Å². The van der Waals surface area contributed by atoms with Gasteiger partial charge in [0.25, 0.3) is 11.8 Å². The average Bonchev–Trinajstić information content (AvgIpc) is 2.85. The van der Waals surface area contributed by atoms with E-state index in [1.165, 1.54) is 12.1 Å². The minimum absolute atomic E-state index is 0.234. The highest BCUT2D eigenvalue weighted by atomic mass is 32.2. The summed E-state index contributed by atoms with van der Waals surface area (Å²) in [5.74, 6) is -1.19. The highest BCUT2D eigenvalue weighted by molar-refractivity contribution is 8.26. The molecule has 1 N–H and O–H groups in total. The molecule has 0 saturated carbocycles. The second-order valence-electron chi connectivity index (χ2n) is 4.88. The molecule has 120 valence electrons. The Kier molecular flexibility index (Phi) is 4.73. The Morgan fingerprint density at radius 1 is 1.12 bits per heavy atom. The minimum atomic E-state index is -0.421. The first-order valence-electron chi connectivity index (χ1n) is 6.94. The third-order valence-electron chi connectivity index (χ3n) is 3.21. The molecule has 0 radical (unpaired) electrons. The third kappa shape index (κ3) is 3.52. The van der Waals surface area contributed by atoms with Gasteiger partial charge in [0.1, 0.15) is 5.82 Å². The first kappa shape index (κ1) is 16.4. The Balaban J connectivity index is 1.77. The number of carbonyl (C=O) groups excluding carboxylic acids is 2. The monoisotopic (exact) mass is 358 g/mol. The number of benzene rings is 2. The molecule has 7 heteroatoms. The zero-order chi connectivity index (χ0) is 17.1. The summed E-state index contributed by atoms with van der Waals surface area (Å²) in [7, 11) is 0. The number of thiocarbonyl (C=S) groups is 1. The zero-order valence-electron chi connectivity index (χ0n) is 12.2. The summed E-state index contributed by atoms with van der Waals surface area (Å²) < 4.78 is 13.2. The number of carbonyl (C=O) groups is 2. The van der Waals surface area contributed by atoms with Crippen LogP contribution in [0.2, 0.25) is 0 Å². The van der Waals surface area contributed by atoms with Crippen molar-refractivity contribution in [3.63, 3.8) is 0 Å². The molecular formula is C17H11FN2O2S2. The lowest BCUT2D eigenvalue weighted by molar-refractivity contribution is -0.123. The van der Waals surface area contributed by atoms with Crippen LogP contribution in [0.25, 0.3) is 6.08 Å². The van der Waals surface area contributed by atoms with Crippen LogP contribution in [0, 0.1) is 5.82 Å². The van der Waals surface area contributed by atoms with E-state index in [0.29, 0.717) is 16.0 Å². The van der Waals surface area contributed by atoms with Crippen molar-refractivity contribution in [1.82, 2.24) is 10.4 Å². The van der Waals surface area contributed by atoms with E-state index in [4.69, 9.17) is 12.2 Å². The summed E-state index contributed by atoms with van der Waals surface area (Å²) in [6, 6.07) is 14.3. The van der Waals surface area contributed by atoms with Gasteiger partial charge in [-0.05, 0) is 48.1 Å². The van der Waals surface area contributed by atoms with Crippen molar-refractivity contribution in [2.75, 3.05) is 0 Å². The summed E-state index contributed by atoms with van der Waals surface area (Å²) in [6.07, 6.45) is 1.60. The Morgan fingerprint density at radius 3 is 2.46 bits per heavy atom. The molecule has 0 spiro atoms. The van der Waals surface area contributed by atoms with E-state index < -0.39 is 11.8 Å². The van der Waals surface area contributed by atoms with E-state index in [1.54, 1.807) is 48.5 Å². The topological polar surface area (TPSA) is 49.4 Å². The van der Waals surface area contributed by atoms with Crippen LogP contribution >= 0.6 is 24.0 Å². The van der Waals surface area contributed by atoms with Gasteiger partial charge in [0.2, 0.25) is 0 Å². The molecule has 3 rings (SSSR count). The zero-order valence-corrected chi connectivity index (χ0v) is 13.9. The fourth-order valence-corrected chi connectivity index (χ4v) is 3.21. The molecule has 1 saturated heterocycles. The van der Waals surface area contributed by atoms with E-state index in [0.717, 1.165) is 16.8 Å². The molecule has 0 unspecified atom stereocenters. The number of rotatable bonds is 3. The van der Waals surface area contributed by atoms with Crippen LogP contribution in [-0.2, 0) is 4.79 Å². The standard InChI is InChI=1S/C17H11FN2O2S2/c18-13-8-6-11(7-9-13)10-14-16(22)20(17(23)24-14)19-15(21)12-4-2-1-3-5-12/h1-10H,(H,19,21). The molecule has 1 aliphatic rings. The van der Waals surface area contributed by atoms with Crippen molar-refractivity contribution in [3.8, 4) is 0 Å². The Morgan fingerprint density at radius 2 is 1.79 bits per heavy atom. The van der Waals surface area contributed by atoms with Gasteiger partial charge >= 0.3 is 0 Å². The van der Waals surface area contributed by atoms with E-state index in [1.807, 2.05) is 0 Å². The smallest absolute Gasteiger partial charge is 0.267 e. The lowest BCUT2D eigenvalue weighted by Crippen LogP contribution is -2.44. The van der Waals surface area contributed by atoms with Gasteiger partial charge in [-0.15, -0.1) is 0 Å². The summed E-state index contributed by atoms with van der Waals surface area (Å²) in [5.41, 5.74) is 3.60. The highest BCUT2D eigenvalue weighted by Gasteiger charge is 2.33. The molecule has 1 fully saturated rings. The highest BCUT2D eigenvalue weighted by Crippen LogP contribution is 2.31. The minimum Gasteiger partial charge on any atom is -0.267 e. The molecule has 0 atom stereocenters. The number of hydrogen-bond acceptors (Lipinski definition) is 4. The largest absolute Gasteiger partial charge is 0.285 e. The number of hydrogen-bond donors (Lipinski definition) is 1. The Labute approximate surface area is 147 Å². The molecule has 2 aromatic rings. The van der Waals surface area contributed by atoms with E-state index in [-0.39, 0.29) is 10.1 Å². The van der Waals surface area contributed by atoms with Gasteiger partial charge in [-0.2, -0.15) is 5.01 Å². The maximum atomic E-state index is 12.9. The van der Waals surface area contributed by atoms with Crippen molar-refractivity contribution < 1.29 is 14.0 Å². The number of nitrogens with one attached hydrogen (secondary N) is 1. The van der Waals surface area contributed by atoms with Crippen molar-refractivity contribution >= 4 is 46.2 Å². The van der Waals surface area contributed by atoms with Crippen LogP contribution in [0.3, 0.4) is 0 Å². The normalized spacial score (nSPS) is 15.9. The Hall–Kier alpha value is -2.51. The van der Waals surface area contributed by atoms with Gasteiger partial charge in [0.15, 0.2) is 4.32 Å². The van der Waals surface area contributed by atoms with Crippen molar-refractivity contribution in [2.45, 2.75) is 0 Å². The predicted molar refractivity (Wildman–Crippen MR) is 95.3 cm³/mol. The van der Waals surface area contributed by atoms with Gasteiger partial charge in [-0.25, -0.2) is 4.39 Å². The summed E-state index contributed by atoms with van der Waals surface area (Å²) in [6.45, 7) is 0. The van der Waals surface area contributed by atoms with E-state index >= 15 is 0 Å². The molecule has 1 heterocycles. The van der Waals surface area contributed by atoms with Crippen LogP contribution in [-0.4, -0.2) is 21.1 Å². The Bertz CT molecular complexity index is 835.